The van der Waals surface area contributed by atoms with Crippen LogP contribution in [0.15, 0.2) is 63.0 Å². The lowest BCUT2D eigenvalue weighted by Crippen LogP contribution is -2.22. The minimum absolute atomic E-state index is 0.0297. The minimum atomic E-state index is 0.0297. The fourth-order valence-electron chi connectivity index (χ4n) is 3.46. The first-order chi connectivity index (χ1) is 14.6. The Morgan fingerprint density at radius 2 is 1.87 bits per heavy atom. The molecule has 1 aliphatic rings. The summed E-state index contributed by atoms with van der Waals surface area (Å²) in [5.74, 6) is 2.05. The van der Waals surface area contributed by atoms with E-state index in [0.717, 1.165) is 23.9 Å². The summed E-state index contributed by atoms with van der Waals surface area (Å²) in [6, 6.07) is 16.0. The normalized spacial score (nSPS) is 14.0. The van der Waals surface area contributed by atoms with Gasteiger partial charge in [-0.15, -0.1) is 0 Å². The minimum Gasteiger partial charge on any atom is -0.338 e. The molecule has 2 aromatic carbocycles. The van der Waals surface area contributed by atoms with Crippen LogP contribution in [0, 0.1) is 0 Å². The second-order valence-electron chi connectivity index (χ2n) is 7.89. The number of hydrogen-bond acceptors (Lipinski definition) is 6. The van der Waals surface area contributed by atoms with Gasteiger partial charge in [0.25, 0.3) is 5.56 Å². The van der Waals surface area contributed by atoms with Crippen LogP contribution in [0.3, 0.4) is 0 Å². The summed E-state index contributed by atoms with van der Waals surface area (Å²) < 4.78 is 7.28. The second-order valence-corrected chi connectivity index (χ2v) is 8.84. The van der Waals surface area contributed by atoms with Gasteiger partial charge in [0.1, 0.15) is 0 Å². The van der Waals surface area contributed by atoms with Crippen molar-refractivity contribution >= 4 is 22.7 Å². The maximum atomic E-state index is 13.0. The van der Waals surface area contributed by atoms with Gasteiger partial charge in [0.15, 0.2) is 5.16 Å². The van der Waals surface area contributed by atoms with Crippen LogP contribution in [0.1, 0.15) is 50.1 Å². The van der Waals surface area contributed by atoms with E-state index in [4.69, 9.17) is 9.51 Å². The quantitative estimate of drug-likeness (QED) is 0.317. The highest BCUT2D eigenvalue weighted by molar-refractivity contribution is 7.98. The maximum Gasteiger partial charge on any atom is 0.262 e. The molecule has 30 heavy (non-hydrogen) atoms. The van der Waals surface area contributed by atoms with Crippen molar-refractivity contribution in [2.24, 2.45) is 0 Å². The molecular formula is C23H22N4O2S. The van der Waals surface area contributed by atoms with Crippen molar-refractivity contribution in [1.82, 2.24) is 19.7 Å². The molecule has 1 saturated carbocycles. The average molecular weight is 419 g/mol. The van der Waals surface area contributed by atoms with Gasteiger partial charge in [0, 0.05) is 11.6 Å². The molecule has 0 radical (unpaired) electrons. The third-order valence-corrected chi connectivity index (χ3v) is 6.25. The first-order valence-electron chi connectivity index (χ1n) is 10.2. The molecule has 0 spiro atoms. The Hall–Kier alpha value is -2.93. The summed E-state index contributed by atoms with van der Waals surface area (Å²) in [5.41, 5.74) is 2.96. The zero-order valence-corrected chi connectivity index (χ0v) is 17.7. The standard InChI is InChI=1S/C23H22N4O2S/c1-14(2)15-7-9-16(10-8-15)21-25-20(29-26-21)13-30-23-24-19-6-4-3-5-18(19)22(28)27(23)17-11-12-17/h3-10,14,17H,11-13H2,1-2H3. The van der Waals surface area contributed by atoms with Crippen LogP contribution in [-0.2, 0) is 5.75 Å². The molecule has 2 heterocycles. The molecule has 152 valence electrons. The molecule has 5 rings (SSSR count). The van der Waals surface area contributed by atoms with Crippen LogP contribution >= 0.6 is 11.8 Å². The van der Waals surface area contributed by atoms with Crippen LogP contribution in [0.2, 0.25) is 0 Å². The predicted octanol–water partition coefficient (Wildman–Crippen LogP) is 5.20. The third kappa shape index (κ3) is 3.65. The first-order valence-corrected chi connectivity index (χ1v) is 11.2. The Kier molecular flexibility index (Phi) is 4.90. The van der Waals surface area contributed by atoms with E-state index in [2.05, 4.69) is 36.1 Å². The van der Waals surface area contributed by atoms with Gasteiger partial charge in [-0.3, -0.25) is 9.36 Å². The van der Waals surface area contributed by atoms with Gasteiger partial charge in [-0.25, -0.2) is 4.98 Å². The van der Waals surface area contributed by atoms with Gasteiger partial charge < -0.3 is 4.52 Å². The number of nitrogens with zero attached hydrogens (tertiary/aromatic N) is 4. The Balaban J connectivity index is 1.39. The van der Waals surface area contributed by atoms with Crippen LogP contribution < -0.4 is 5.56 Å². The lowest BCUT2D eigenvalue weighted by atomic mass is 10.0. The van der Waals surface area contributed by atoms with Crippen LogP contribution in [0.5, 0.6) is 0 Å². The highest BCUT2D eigenvalue weighted by Crippen LogP contribution is 2.37. The lowest BCUT2D eigenvalue weighted by molar-refractivity contribution is 0.391. The number of rotatable bonds is 6. The van der Waals surface area contributed by atoms with Gasteiger partial charge in [-0.2, -0.15) is 4.98 Å². The van der Waals surface area contributed by atoms with Gasteiger partial charge >= 0.3 is 0 Å². The SMILES string of the molecule is CC(C)c1ccc(-c2noc(CSc3nc4ccccc4c(=O)n3C3CC3)n2)cc1. The molecule has 1 aliphatic carbocycles. The molecular weight excluding hydrogens is 396 g/mol. The van der Waals surface area contributed by atoms with E-state index in [1.807, 2.05) is 41.0 Å². The topological polar surface area (TPSA) is 73.8 Å². The molecule has 7 heteroatoms. The second kappa shape index (κ2) is 7.72. The van der Waals surface area contributed by atoms with Crippen LogP contribution in [0.4, 0.5) is 0 Å². The zero-order valence-electron chi connectivity index (χ0n) is 16.9. The Labute approximate surface area is 178 Å². The summed E-state index contributed by atoms with van der Waals surface area (Å²) in [6.07, 6.45) is 2.04. The number of thioether (sulfide) groups is 1. The lowest BCUT2D eigenvalue weighted by Gasteiger charge is -2.11. The summed E-state index contributed by atoms with van der Waals surface area (Å²) in [6.45, 7) is 4.33. The van der Waals surface area contributed by atoms with E-state index in [1.54, 1.807) is 0 Å². The van der Waals surface area contributed by atoms with E-state index in [9.17, 15) is 4.79 Å². The van der Waals surface area contributed by atoms with Crippen molar-refractivity contribution in [2.45, 2.75) is 49.6 Å². The number of fused-ring (bicyclic) bond motifs is 1. The summed E-state index contributed by atoms with van der Waals surface area (Å²) in [4.78, 5) is 22.2. The first kappa shape index (κ1) is 19.1. The van der Waals surface area contributed by atoms with E-state index in [-0.39, 0.29) is 11.6 Å². The fraction of sp³-hybridized carbons (Fsp3) is 0.304. The zero-order chi connectivity index (χ0) is 20.7. The van der Waals surface area contributed by atoms with E-state index < -0.39 is 0 Å². The van der Waals surface area contributed by atoms with E-state index >= 15 is 0 Å². The molecule has 0 unspecified atom stereocenters. The molecule has 0 amide bonds. The Bertz CT molecular complexity index is 1260. The van der Waals surface area contributed by atoms with E-state index in [1.165, 1.54) is 17.3 Å². The van der Waals surface area contributed by atoms with E-state index in [0.29, 0.717) is 33.9 Å². The molecule has 1 fully saturated rings. The monoisotopic (exact) mass is 418 g/mol. The smallest absolute Gasteiger partial charge is 0.262 e. The van der Waals surface area contributed by atoms with Gasteiger partial charge in [0.05, 0.1) is 16.7 Å². The van der Waals surface area contributed by atoms with Crippen molar-refractivity contribution in [3.05, 3.63) is 70.3 Å². The van der Waals surface area contributed by atoms with Crippen LogP contribution in [0.25, 0.3) is 22.3 Å². The molecule has 2 aromatic heterocycles. The summed E-state index contributed by atoms with van der Waals surface area (Å²) in [7, 11) is 0. The average Bonchev–Trinajstić information content (AvgIpc) is 3.48. The van der Waals surface area contributed by atoms with Crippen molar-refractivity contribution < 1.29 is 4.52 Å². The molecule has 0 bridgehead atoms. The third-order valence-electron chi connectivity index (χ3n) is 5.32. The van der Waals surface area contributed by atoms with Crippen LogP contribution in [-0.4, -0.2) is 19.7 Å². The molecule has 4 aromatic rings. The molecule has 0 N–H and O–H groups in total. The fourth-order valence-corrected chi connectivity index (χ4v) is 4.36. The molecule has 6 nitrogen and oxygen atoms in total. The van der Waals surface area contributed by atoms with Gasteiger partial charge in [-0.05, 0) is 36.5 Å². The number of aromatic nitrogens is 4. The van der Waals surface area contributed by atoms with Crippen molar-refractivity contribution in [3.8, 4) is 11.4 Å². The molecule has 0 aliphatic heterocycles. The van der Waals surface area contributed by atoms with Gasteiger partial charge in [-0.1, -0.05) is 67.2 Å². The summed E-state index contributed by atoms with van der Waals surface area (Å²) in [5, 5.41) is 5.50. The number of hydrogen-bond donors (Lipinski definition) is 0. The van der Waals surface area contributed by atoms with Crippen molar-refractivity contribution in [1.29, 1.82) is 0 Å². The van der Waals surface area contributed by atoms with Gasteiger partial charge in [0.2, 0.25) is 11.7 Å². The highest BCUT2D eigenvalue weighted by atomic mass is 32.2. The Morgan fingerprint density at radius 3 is 2.60 bits per heavy atom. The maximum absolute atomic E-state index is 13.0. The van der Waals surface area contributed by atoms with Crippen molar-refractivity contribution in [2.75, 3.05) is 0 Å². The van der Waals surface area contributed by atoms with Crippen molar-refractivity contribution in [3.63, 3.8) is 0 Å². The molecule has 0 atom stereocenters. The number of para-hydroxylation sites is 1. The largest absolute Gasteiger partial charge is 0.338 e. The highest BCUT2D eigenvalue weighted by Gasteiger charge is 2.28. The predicted molar refractivity (Wildman–Crippen MR) is 118 cm³/mol. The Morgan fingerprint density at radius 1 is 1.10 bits per heavy atom. The molecule has 0 saturated heterocycles. The summed E-state index contributed by atoms with van der Waals surface area (Å²) >= 11 is 1.47. The number of benzene rings is 2.